The molecule has 0 spiro atoms. The lowest BCUT2D eigenvalue weighted by atomic mass is 10.1. The average molecular weight is 216 g/mol. The maximum atomic E-state index is 12.0. The maximum absolute atomic E-state index is 12.0. The van der Waals surface area contributed by atoms with Crippen molar-refractivity contribution in [1.82, 2.24) is 10.3 Å². The summed E-state index contributed by atoms with van der Waals surface area (Å²) in [5.74, 6) is 0.150. The fraction of sp³-hybridized carbons (Fsp3) is 0.308. The van der Waals surface area contributed by atoms with Crippen LogP contribution in [0.4, 0.5) is 0 Å². The first-order valence-corrected chi connectivity index (χ1v) is 5.55. The van der Waals surface area contributed by atoms with Gasteiger partial charge < -0.3 is 10.3 Å². The number of aryl methyl sites for hydroxylation is 1. The average Bonchev–Trinajstić information content (AvgIpc) is 2.62. The number of aromatic amines is 1. The monoisotopic (exact) mass is 216 g/mol. The Morgan fingerprint density at radius 1 is 1.38 bits per heavy atom. The summed E-state index contributed by atoms with van der Waals surface area (Å²) in [5.41, 5.74) is 2.79. The summed E-state index contributed by atoms with van der Waals surface area (Å²) >= 11 is 0. The van der Waals surface area contributed by atoms with Gasteiger partial charge in [-0.2, -0.15) is 0 Å². The van der Waals surface area contributed by atoms with Gasteiger partial charge in [-0.1, -0.05) is 25.1 Å². The minimum atomic E-state index is 0.150. The molecule has 0 unspecified atom stereocenters. The number of hydrogen-bond acceptors (Lipinski definition) is 2. The predicted molar refractivity (Wildman–Crippen MR) is 65.9 cm³/mol. The van der Waals surface area contributed by atoms with Crippen molar-refractivity contribution < 1.29 is 4.79 Å². The highest BCUT2D eigenvalue weighted by Crippen LogP contribution is 2.21. The van der Waals surface area contributed by atoms with Crippen LogP contribution >= 0.6 is 0 Å². The zero-order valence-electron chi connectivity index (χ0n) is 9.63. The number of ketones is 1. The predicted octanol–water partition coefficient (Wildman–Crippen LogP) is 2.27. The number of carbonyl (C=O) groups excluding carboxylic acids is 1. The number of para-hydroxylation sites is 1. The SMILES string of the molecule is CCNCC(=O)c1c(C)[nH]c2ccccc12. The second kappa shape index (κ2) is 4.49. The number of Topliss-reactive ketones (excluding diaryl/α,β-unsaturated/α-hetero) is 1. The van der Waals surface area contributed by atoms with Crippen molar-refractivity contribution in [2.45, 2.75) is 13.8 Å². The first-order valence-electron chi connectivity index (χ1n) is 5.55. The Morgan fingerprint density at radius 2 is 2.12 bits per heavy atom. The summed E-state index contributed by atoms with van der Waals surface area (Å²) < 4.78 is 0. The highest BCUT2D eigenvalue weighted by Gasteiger charge is 2.14. The molecule has 1 heterocycles. The number of aromatic nitrogens is 1. The van der Waals surface area contributed by atoms with E-state index in [9.17, 15) is 4.79 Å². The summed E-state index contributed by atoms with van der Waals surface area (Å²) in [5, 5.41) is 4.08. The lowest BCUT2D eigenvalue weighted by molar-refractivity contribution is 0.0993. The Balaban J connectivity index is 2.43. The van der Waals surface area contributed by atoms with Gasteiger partial charge in [-0.15, -0.1) is 0 Å². The van der Waals surface area contributed by atoms with Crippen LogP contribution in [-0.4, -0.2) is 23.9 Å². The minimum absolute atomic E-state index is 0.150. The molecule has 0 atom stereocenters. The van der Waals surface area contributed by atoms with Gasteiger partial charge in [-0.3, -0.25) is 4.79 Å². The van der Waals surface area contributed by atoms with E-state index in [0.29, 0.717) is 6.54 Å². The first-order chi connectivity index (χ1) is 7.74. The van der Waals surface area contributed by atoms with Crippen molar-refractivity contribution >= 4 is 16.7 Å². The molecule has 1 aromatic carbocycles. The summed E-state index contributed by atoms with van der Waals surface area (Å²) in [6.07, 6.45) is 0. The standard InChI is InChI=1S/C13H16N2O/c1-3-14-8-12(16)13-9(2)15-11-7-5-4-6-10(11)13/h4-7,14-15H,3,8H2,1-2H3. The number of hydrogen-bond donors (Lipinski definition) is 2. The second-order valence-corrected chi connectivity index (χ2v) is 3.87. The fourth-order valence-electron chi connectivity index (χ4n) is 1.96. The van der Waals surface area contributed by atoms with Gasteiger partial charge in [0.25, 0.3) is 0 Å². The third-order valence-corrected chi connectivity index (χ3v) is 2.71. The Labute approximate surface area is 94.9 Å². The van der Waals surface area contributed by atoms with Gasteiger partial charge in [-0.25, -0.2) is 0 Å². The van der Waals surface area contributed by atoms with Crippen molar-refractivity contribution in [1.29, 1.82) is 0 Å². The van der Waals surface area contributed by atoms with Crippen LogP contribution in [0.15, 0.2) is 24.3 Å². The van der Waals surface area contributed by atoms with Crippen molar-refractivity contribution in [3.63, 3.8) is 0 Å². The van der Waals surface area contributed by atoms with Crippen LogP contribution in [0.2, 0.25) is 0 Å². The molecule has 0 amide bonds. The van der Waals surface area contributed by atoms with Crippen LogP contribution in [-0.2, 0) is 0 Å². The Hall–Kier alpha value is -1.61. The first kappa shape index (κ1) is 10.9. The van der Waals surface area contributed by atoms with Crippen LogP contribution in [0.5, 0.6) is 0 Å². The van der Waals surface area contributed by atoms with Gasteiger partial charge >= 0.3 is 0 Å². The highest BCUT2D eigenvalue weighted by molar-refractivity contribution is 6.10. The van der Waals surface area contributed by atoms with Gasteiger partial charge in [0.2, 0.25) is 0 Å². The third kappa shape index (κ3) is 1.86. The van der Waals surface area contributed by atoms with Gasteiger partial charge in [-0.05, 0) is 19.5 Å². The Kier molecular flexibility index (Phi) is 3.06. The van der Waals surface area contributed by atoms with Crippen molar-refractivity contribution in [2.75, 3.05) is 13.1 Å². The minimum Gasteiger partial charge on any atom is -0.358 e. The zero-order chi connectivity index (χ0) is 11.5. The molecule has 84 valence electrons. The number of rotatable bonds is 4. The largest absolute Gasteiger partial charge is 0.358 e. The van der Waals surface area contributed by atoms with E-state index in [0.717, 1.165) is 28.7 Å². The molecule has 2 N–H and O–H groups in total. The molecule has 16 heavy (non-hydrogen) atoms. The van der Waals surface area contributed by atoms with E-state index in [1.54, 1.807) is 0 Å². The molecule has 0 bridgehead atoms. The molecule has 0 aliphatic carbocycles. The molecular formula is C13H16N2O. The van der Waals surface area contributed by atoms with Crippen LogP contribution in [0, 0.1) is 6.92 Å². The number of likely N-dealkylation sites (N-methyl/N-ethyl adjacent to an activating group) is 1. The summed E-state index contributed by atoms with van der Waals surface area (Å²) in [6, 6.07) is 7.90. The Morgan fingerprint density at radius 3 is 2.88 bits per heavy atom. The zero-order valence-corrected chi connectivity index (χ0v) is 9.63. The molecule has 0 saturated carbocycles. The highest BCUT2D eigenvalue weighted by atomic mass is 16.1. The molecule has 0 aliphatic heterocycles. The van der Waals surface area contributed by atoms with E-state index in [4.69, 9.17) is 0 Å². The lowest BCUT2D eigenvalue weighted by Gasteiger charge is -2.01. The quantitative estimate of drug-likeness (QED) is 0.770. The van der Waals surface area contributed by atoms with Gasteiger partial charge in [0, 0.05) is 22.2 Å². The van der Waals surface area contributed by atoms with Gasteiger partial charge in [0.15, 0.2) is 5.78 Å². The van der Waals surface area contributed by atoms with E-state index < -0.39 is 0 Å². The van der Waals surface area contributed by atoms with Crippen LogP contribution in [0.1, 0.15) is 23.0 Å². The topological polar surface area (TPSA) is 44.9 Å². The van der Waals surface area contributed by atoms with E-state index in [1.165, 1.54) is 0 Å². The summed E-state index contributed by atoms with van der Waals surface area (Å²) in [7, 11) is 0. The van der Waals surface area contributed by atoms with Gasteiger partial charge in [0.1, 0.15) is 0 Å². The van der Waals surface area contributed by atoms with Gasteiger partial charge in [0.05, 0.1) is 6.54 Å². The molecule has 0 fully saturated rings. The van der Waals surface area contributed by atoms with Crippen LogP contribution < -0.4 is 5.32 Å². The number of nitrogens with one attached hydrogen (secondary N) is 2. The lowest BCUT2D eigenvalue weighted by Crippen LogP contribution is -2.22. The number of carbonyl (C=O) groups is 1. The second-order valence-electron chi connectivity index (χ2n) is 3.87. The van der Waals surface area contributed by atoms with E-state index in [2.05, 4.69) is 10.3 Å². The molecule has 2 rings (SSSR count). The third-order valence-electron chi connectivity index (χ3n) is 2.71. The Bertz CT molecular complexity index is 514. The van der Waals surface area contributed by atoms with E-state index >= 15 is 0 Å². The van der Waals surface area contributed by atoms with Crippen molar-refractivity contribution in [3.8, 4) is 0 Å². The smallest absolute Gasteiger partial charge is 0.179 e. The molecule has 0 radical (unpaired) electrons. The molecule has 2 aromatic rings. The van der Waals surface area contributed by atoms with Crippen molar-refractivity contribution in [3.05, 3.63) is 35.5 Å². The summed E-state index contributed by atoms with van der Waals surface area (Å²) in [4.78, 5) is 15.3. The normalized spacial score (nSPS) is 10.9. The molecular weight excluding hydrogens is 200 g/mol. The number of benzene rings is 1. The van der Waals surface area contributed by atoms with Crippen LogP contribution in [0.25, 0.3) is 10.9 Å². The molecule has 3 nitrogen and oxygen atoms in total. The number of fused-ring (bicyclic) bond motifs is 1. The maximum Gasteiger partial charge on any atom is 0.179 e. The van der Waals surface area contributed by atoms with Crippen LogP contribution in [0.3, 0.4) is 0 Å². The molecule has 3 heteroatoms. The molecule has 0 aliphatic rings. The number of H-pyrrole nitrogens is 1. The summed E-state index contributed by atoms with van der Waals surface area (Å²) in [6.45, 7) is 5.15. The van der Waals surface area contributed by atoms with Crippen molar-refractivity contribution in [2.24, 2.45) is 0 Å². The molecule has 0 saturated heterocycles. The fourth-order valence-corrected chi connectivity index (χ4v) is 1.96. The molecule has 1 aromatic heterocycles. The van der Waals surface area contributed by atoms with E-state index in [1.807, 2.05) is 38.1 Å². The van der Waals surface area contributed by atoms with E-state index in [-0.39, 0.29) is 5.78 Å².